The lowest BCUT2D eigenvalue weighted by atomic mass is 10.3. The number of aromatic nitrogens is 4. The molecule has 0 spiro atoms. The Morgan fingerprint density at radius 2 is 1.96 bits per heavy atom. The maximum atomic E-state index is 12.6. The Morgan fingerprint density at radius 3 is 2.58 bits per heavy atom. The van der Waals surface area contributed by atoms with Crippen molar-refractivity contribution in [2.75, 3.05) is 38.2 Å². The van der Waals surface area contributed by atoms with Crippen molar-refractivity contribution in [1.82, 2.24) is 24.6 Å². The minimum atomic E-state index is -0.0272. The molecule has 2 aromatic rings. The molecule has 0 aliphatic carbocycles. The van der Waals surface area contributed by atoms with Gasteiger partial charge in [0.1, 0.15) is 5.69 Å². The predicted molar refractivity (Wildman–Crippen MR) is 89.3 cm³/mol. The van der Waals surface area contributed by atoms with Crippen LogP contribution in [-0.4, -0.2) is 63.8 Å². The van der Waals surface area contributed by atoms with Crippen LogP contribution in [0.4, 0.5) is 5.95 Å². The summed E-state index contributed by atoms with van der Waals surface area (Å²) in [5, 5.41) is 4.36. The number of piperazine rings is 1. The van der Waals surface area contributed by atoms with Gasteiger partial charge in [0.2, 0.25) is 11.8 Å². The number of anilines is 1. The van der Waals surface area contributed by atoms with Crippen molar-refractivity contribution in [3.8, 4) is 5.88 Å². The van der Waals surface area contributed by atoms with Gasteiger partial charge in [0.05, 0.1) is 7.11 Å². The molecule has 128 valence electrons. The van der Waals surface area contributed by atoms with E-state index in [-0.39, 0.29) is 11.9 Å². The average molecular weight is 330 g/mol. The highest BCUT2D eigenvalue weighted by atomic mass is 16.5. The van der Waals surface area contributed by atoms with Crippen LogP contribution < -0.4 is 9.64 Å². The summed E-state index contributed by atoms with van der Waals surface area (Å²) in [5.74, 6) is 1.14. The quantitative estimate of drug-likeness (QED) is 0.839. The molecule has 0 saturated carbocycles. The van der Waals surface area contributed by atoms with Crippen LogP contribution in [0.1, 0.15) is 30.4 Å². The zero-order valence-electron chi connectivity index (χ0n) is 14.2. The highest BCUT2D eigenvalue weighted by Gasteiger charge is 2.25. The first kappa shape index (κ1) is 16.2. The number of hydrogen-bond acceptors (Lipinski definition) is 6. The monoisotopic (exact) mass is 330 g/mol. The first-order valence-electron chi connectivity index (χ1n) is 8.05. The molecular weight excluding hydrogens is 308 g/mol. The molecule has 3 heterocycles. The Kier molecular flexibility index (Phi) is 4.64. The summed E-state index contributed by atoms with van der Waals surface area (Å²) in [6, 6.07) is 3.74. The summed E-state index contributed by atoms with van der Waals surface area (Å²) >= 11 is 0. The smallest absolute Gasteiger partial charge is 0.274 e. The maximum absolute atomic E-state index is 12.6. The van der Waals surface area contributed by atoms with Gasteiger partial charge in [-0.3, -0.25) is 9.48 Å². The van der Waals surface area contributed by atoms with Gasteiger partial charge in [-0.05, 0) is 19.9 Å². The van der Waals surface area contributed by atoms with Gasteiger partial charge in [0.15, 0.2) is 0 Å². The largest absolute Gasteiger partial charge is 0.481 e. The van der Waals surface area contributed by atoms with E-state index in [0.717, 1.165) is 0 Å². The van der Waals surface area contributed by atoms with Gasteiger partial charge in [-0.2, -0.15) is 10.1 Å². The highest BCUT2D eigenvalue weighted by molar-refractivity contribution is 5.92. The molecule has 1 fully saturated rings. The van der Waals surface area contributed by atoms with Crippen LogP contribution in [0.2, 0.25) is 0 Å². The molecule has 1 amide bonds. The second-order valence-corrected chi connectivity index (χ2v) is 5.95. The fourth-order valence-corrected chi connectivity index (χ4v) is 2.61. The zero-order chi connectivity index (χ0) is 17.1. The van der Waals surface area contributed by atoms with E-state index in [1.807, 2.05) is 24.9 Å². The molecule has 8 heteroatoms. The third kappa shape index (κ3) is 3.32. The van der Waals surface area contributed by atoms with Crippen molar-refractivity contribution in [3.63, 3.8) is 0 Å². The van der Waals surface area contributed by atoms with Crippen molar-refractivity contribution in [2.45, 2.75) is 19.9 Å². The maximum Gasteiger partial charge on any atom is 0.274 e. The van der Waals surface area contributed by atoms with E-state index < -0.39 is 0 Å². The normalized spacial score (nSPS) is 15.0. The fraction of sp³-hybridized carbons (Fsp3) is 0.500. The first-order valence-corrected chi connectivity index (χ1v) is 8.05. The van der Waals surface area contributed by atoms with Crippen LogP contribution in [-0.2, 0) is 0 Å². The number of hydrogen-bond donors (Lipinski definition) is 0. The Morgan fingerprint density at radius 1 is 1.21 bits per heavy atom. The van der Waals surface area contributed by atoms with Crippen LogP contribution in [0, 0.1) is 0 Å². The lowest BCUT2D eigenvalue weighted by Crippen LogP contribution is -2.49. The van der Waals surface area contributed by atoms with Crippen LogP contribution in [0.5, 0.6) is 5.88 Å². The Balaban J connectivity index is 1.62. The second-order valence-electron chi connectivity index (χ2n) is 5.95. The average Bonchev–Trinajstić information content (AvgIpc) is 3.12. The lowest BCUT2D eigenvalue weighted by Gasteiger charge is -2.34. The minimum Gasteiger partial charge on any atom is -0.481 e. The molecule has 8 nitrogen and oxygen atoms in total. The second kappa shape index (κ2) is 6.86. The third-order valence-electron chi connectivity index (χ3n) is 4.03. The van der Waals surface area contributed by atoms with E-state index in [9.17, 15) is 4.79 Å². The summed E-state index contributed by atoms with van der Waals surface area (Å²) in [6.45, 7) is 6.68. The topological polar surface area (TPSA) is 76.4 Å². The summed E-state index contributed by atoms with van der Waals surface area (Å²) in [7, 11) is 1.58. The molecule has 1 aliphatic heterocycles. The number of carbonyl (C=O) groups is 1. The van der Waals surface area contributed by atoms with Gasteiger partial charge in [0.25, 0.3) is 5.91 Å². The van der Waals surface area contributed by atoms with Gasteiger partial charge < -0.3 is 14.5 Å². The number of amides is 1. The number of rotatable bonds is 4. The van der Waals surface area contributed by atoms with Crippen LogP contribution in [0.25, 0.3) is 0 Å². The molecule has 0 N–H and O–H groups in total. The summed E-state index contributed by atoms with van der Waals surface area (Å²) in [4.78, 5) is 25.1. The molecule has 0 atom stereocenters. The van der Waals surface area contributed by atoms with E-state index in [0.29, 0.717) is 43.7 Å². The Bertz CT molecular complexity index is 706. The van der Waals surface area contributed by atoms with Crippen LogP contribution in [0.15, 0.2) is 24.5 Å². The van der Waals surface area contributed by atoms with Crippen molar-refractivity contribution in [1.29, 1.82) is 0 Å². The van der Waals surface area contributed by atoms with Gasteiger partial charge in [-0.25, -0.2) is 4.98 Å². The Labute approximate surface area is 141 Å². The summed E-state index contributed by atoms with van der Waals surface area (Å²) in [5.41, 5.74) is 0.495. The standard InChI is InChI=1S/C16H22N6O2/c1-12(2)22-7-5-13(19-22)15(23)20-8-10-21(11-9-20)16-17-6-4-14(18-16)24-3/h4-7,12H,8-11H2,1-3H3. The predicted octanol–water partition coefficient (Wildman–Crippen LogP) is 1.22. The molecule has 0 unspecified atom stereocenters. The molecule has 24 heavy (non-hydrogen) atoms. The number of ether oxygens (including phenoxy) is 1. The number of carbonyl (C=O) groups excluding carboxylic acids is 1. The SMILES string of the molecule is COc1ccnc(N2CCN(C(=O)c3ccn(C(C)C)n3)CC2)n1. The molecule has 3 rings (SSSR count). The number of methoxy groups -OCH3 is 1. The van der Waals surface area contributed by atoms with Crippen molar-refractivity contribution < 1.29 is 9.53 Å². The third-order valence-corrected chi connectivity index (χ3v) is 4.03. The molecule has 1 aliphatic rings. The molecule has 0 radical (unpaired) electrons. The molecule has 0 bridgehead atoms. The summed E-state index contributed by atoms with van der Waals surface area (Å²) < 4.78 is 6.93. The molecule has 2 aromatic heterocycles. The first-order chi connectivity index (χ1) is 11.6. The van der Waals surface area contributed by atoms with Crippen LogP contribution in [0.3, 0.4) is 0 Å². The van der Waals surface area contributed by atoms with E-state index >= 15 is 0 Å². The van der Waals surface area contributed by atoms with E-state index in [2.05, 4.69) is 20.0 Å². The van der Waals surface area contributed by atoms with Crippen molar-refractivity contribution in [2.24, 2.45) is 0 Å². The molecular formula is C16H22N6O2. The number of nitrogens with zero attached hydrogens (tertiary/aromatic N) is 6. The summed E-state index contributed by atoms with van der Waals surface area (Å²) in [6.07, 6.45) is 3.52. The van der Waals surface area contributed by atoms with Crippen LogP contribution >= 0.6 is 0 Å². The molecule has 1 saturated heterocycles. The van der Waals surface area contributed by atoms with Gasteiger partial charge in [-0.1, -0.05) is 0 Å². The van der Waals surface area contributed by atoms with E-state index in [1.54, 1.807) is 30.1 Å². The molecule has 0 aromatic carbocycles. The van der Waals surface area contributed by atoms with E-state index in [4.69, 9.17) is 4.74 Å². The Hall–Kier alpha value is -2.64. The lowest BCUT2D eigenvalue weighted by molar-refractivity contribution is 0.0739. The minimum absolute atomic E-state index is 0.0272. The van der Waals surface area contributed by atoms with Crippen molar-refractivity contribution >= 4 is 11.9 Å². The van der Waals surface area contributed by atoms with Crippen molar-refractivity contribution in [3.05, 3.63) is 30.2 Å². The van der Waals surface area contributed by atoms with Gasteiger partial charge in [-0.15, -0.1) is 0 Å². The zero-order valence-corrected chi connectivity index (χ0v) is 14.2. The van der Waals surface area contributed by atoms with E-state index in [1.165, 1.54) is 0 Å². The van der Waals surface area contributed by atoms with Gasteiger partial charge in [0, 0.05) is 50.7 Å². The van der Waals surface area contributed by atoms with Gasteiger partial charge >= 0.3 is 0 Å². The fourth-order valence-electron chi connectivity index (χ4n) is 2.61. The highest BCUT2D eigenvalue weighted by Crippen LogP contribution is 2.15.